The van der Waals surface area contributed by atoms with Crippen LogP contribution in [0.1, 0.15) is 36.4 Å². The van der Waals surface area contributed by atoms with E-state index in [1.165, 1.54) is 5.75 Å². The van der Waals surface area contributed by atoms with Crippen molar-refractivity contribution in [1.82, 2.24) is 10.1 Å². The number of hydrogen-bond donors (Lipinski definition) is 1. The number of thioether (sulfide) groups is 2. The molecule has 0 spiro atoms. The van der Waals surface area contributed by atoms with Gasteiger partial charge in [0.05, 0.1) is 11.3 Å². The topological polar surface area (TPSA) is 64.9 Å². The second kappa shape index (κ2) is 5.93. The zero-order valence-electron chi connectivity index (χ0n) is 9.83. The van der Waals surface area contributed by atoms with Crippen LogP contribution in [0.25, 0.3) is 0 Å². The first-order valence-corrected chi connectivity index (χ1v) is 7.75. The molecule has 17 heavy (non-hydrogen) atoms. The fourth-order valence-corrected chi connectivity index (χ4v) is 4.39. The molecule has 0 radical (unpaired) electrons. The number of aromatic nitrogens is 2. The average molecular weight is 271 g/mol. The molecule has 3 atom stereocenters. The van der Waals surface area contributed by atoms with Crippen molar-refractivity contribution in [3.8, 4) is 0 Å². The van der Waals surface area contributed by atoms with Gasteiger partial charge < -0.3 is 10.3 Å². The molecule has 1 saturated heterocycles. The van der Waals surface area contributed by atoms with E-state index in [1.54, 1.807) is 6.08 Å². The summed E-state index contributed by atoms with van der Waals surface area (Å²) in [5.41, 5.74) is 5.90. The van der Waals surface area contributed by atoms with Crippen molar-refractivity contribution in [2.45, 2.75) is 29.9 Å². The first-order valence-electron chi connectivity index (χ1n) is 5.65. The van der Waals surface area contributed by atoms with Gasteiger partial charge in [-0.15, -0.1) is 18.3 Å². The lowest BCUT2D eigenvalue weighted by molar-refractivity contribution is 0.351. The summed E-state index contributed by atoms with van der Waals surface area (Å²) in [6.45, 7) is 5.87. The maximum absolute atomic E-state index is 5.90. The van der Waals surface area contributed by atoms with Crippen LogP contribution in [0.4, 0.5) is 0 Å². The largest absolute Gasteiger partial charge is 0.338 e. The Kier molecular flexibility index (Phi) is 4.53. The van der Waals surface area contributed by atoms with Gasteiger partial charge in [0.2, 0.25) is 5.89 Å². The van der Waals surface area contributed by atoms with Gasteiger partial charge in [0.25, 0.3) is 0 Å². The Bertz CT molecular complexity index is 383. The molecule has 1 aliphatic rings. The molecule has 1 aromatic heterocycles. The lowest BCUT2D eigenvalue weighted by atomic mass is 10.2. The maximum atomic E-state index is 5.90. The Balaban J connectivity index is 2.08. The van der Waals surface area contributed by atoms with Gasteiger partial charge in [-0.2, -0.15) is 16.7 Å². The predicted molar refractivity (Wildman–Crippen MR) is 73.2 cm³/mol. The van der Waals surface area contributed by atoms with E-state index < -0.39 is 0 Å². The van der Waals surface area contributed by atoms with E-state index in [1.807, 2.05) is 23.5 Å². The summed E-state index contributed by atoms with van der Waals surface area (Å²) in [5, 5.41) is 4.90. The molecule has 0 aliphatic carbocycles. The number of hydrogen-bond acceptors (Lipinski definition) is 6. The van der Waals surface area contributed by atoms with E-state index in [9.17, 15) is 0 Å². The van der Waals surface area contributed by atoms with Gasteiger partial charge in [-0.25, -0.2) is 0 Å². The highest BCUT2D eigenvalue weighted by Gasteiger charge is 2.29. The normalized spacial score (nSPS) is 26.7. The van der Waals surface area contributed by atoms with E-state index in [2.05, 4.69) is 23.6 Å². The molecule has 2 heterocycles. The molecule has 1 aliphatic heterocycles. The number of nitrogens with two attached hydrogens (primary N) is 1. The van der Waals surface area contributed by atoms with Crippen LogP contribution >= 0.6 is 23.5 Å². The van der Waals surface area contributed by atoms with E-state index in [0.29, 0.717) is 22.8 Å². The van der Waals surface area contributed by atoms with Crippen molar-refractivity contribution < 1.29 is 4.52 Å². The van der Waals surface area contributed by atoms with Crippen LogP contribution in [0.3, 0.4) is 0 Å². The summed E-state index contributed by atoms with van der Waals surface area (Å²) in [6.07, 6.45) is 2.42. The van der Waals surface area contributed by atoms with Gasteiger partial charge in [0.15, 0.2) is 5.82 Å². The van der Waals surface area contributed by atoms with Crippen molar-refractivity contribution in [3.63, 3.8) is 0 Å². The Morgan fingerprint density at radius 1 is 1.59 bits per heavy atom. The minimum absolute atomic E-state index is 0.231. The second-order valence-corrected chi connectivity index (χ2v) is 6.72. The lowest BCUT2D eigenvalue weighted by Crippen LogP contribution is -2.17. The molecule has 0 bridgehead atoms. The third kappa shape index (κ3) is 3.05. The summed E-state index contributed by atoms with van der Waals surface area (Å²) in [5.74, 6) is 3.64. The fourth-order valence-electron chi connectivity index (χ4n) is 1.71. The average Bonchev–Trinajstić information content (AvgIpc) is 2.79. The predicted octanol–water partition coefficient (Wildman–Crippen LogP) is 2.56. The monoisotopic (exact) mass is 271 g/mol. The van der Waals surface area contributed by atoms with E-state index in [0.717, 1.165) is 11.6 Å². The highest BCUT2D eigenvalue weighted by atomic mass is 32.2. The van der Waals surface area contributed by atoms with E-state index >= 15 is 0 Å². The fraction of sp³-hybridized carbons (Fsp3) is 0.636. The molecule has 0 amide bonds. The van der Waals surface area contributed by atoms with Gasteiger partial charge in [0, 0.05) is 16.8 Å². The van der Waals surface area contributed by atoms with Gasteiger partial charge in [-0.1, -0.05) is 18.2 Å². The van der Waals surface area contributed by atoms with Crippen LogP contribution in [0.2, 0.25) is 0 Å². The zero-order valence-corrected chi connectivity index (χ0v) is 11.5. The first-order chi connectivity index (χ1) is 8.22. The summed E-state index contributed by atoms with van der Waals surface area (Å²) in [6, 6.07) is -0.231. The molecule has 1 aromatic rings. The second-order valence-electron chi connectivity index (χ2n) is 3.99. The Morgan fingerprint density at radius 3 is 3.06 bits per heavy atom. The smallest absolute Gasteiger partial charge is 0.243 e. The quantitative estimate of drug-likeness (QED) is 0.849. The van der Waals surface area contributed by atoms with Crippen molar-refractivity contribution >= 4 is 23.5 Å². The van der Waals surface area contributed by atoms with Crippen LogP contribution in [0.5, 0.6) is 0 Å². The molecule has 0 aromatic carbocycles. The molecular formula is C11H17N3OS2. The van der Waals surface area contributed by atoms with Crippen molar-refractivity contribution in [2.24, 2.45) is 5.73 Å². The molecule has 94 valence electrons. The molecular weight excluding hydrogens is 254 g/mol. The summed E-state index contributed by atoms with van der Waals surface area (Å²) in [4.78, 5) is 4.42. The van der Waals surface area contributed by atoms with Crippen molar-refractivity contribution in [3.05, 3.63) is 24.4 Å². The first kappa shape index (κ1) is 13.0. The van der Waals surface area contributed by atoms with Gasteiger partial charge in [0.1, 0.15) is 0 Å². The van der Waals surface area contributed by atoms with Crippen LogP contribution < -0.4 is 5.73 Å². The minimum atomic E-state index is -0.231. The minimum Gasteiger partial charge on any atom is -0.338 e. The Hall–Kier alpha value is -0.460. The zero-order chi connectivity index (χ0) is 12.3. The molecule has 0 saturated carbocycles. The molecule has 1 fully saturated rings. The third-order valence-corrected chi connectivity index (χ3v) is 5.72. The maximum Gasteiger partial charge on any atom is 0.243 e. The molecule has 2 N–H and O–H groups in total. The summed E-state index contributed by atoms with van der Waals surface area (Å²) >= 11 is 3.85. The summed E-state index contributed by atoms with van der Waals surface area (Å²) < 4.78 is 5.22. The van der Waals surface area contributed by atoms with Crippen LogP contribution in [0.15, 0.2) is 17.2 Å². The molecule has 3 unspecified atom stereocenters. The highest BCUT2D eigenvalue weighted by molar-refractivity contribution is 8.06. The van der Waals surface area contributed by atoms with Crippen LogP contribution in [-0.4, -0.2) is 26.9 Å². The van der Waals surface area contributed by atoms with Crippen molar-refractivity contribution in [2.75, 3.05) is 11.5 Å². The van der Waals surface area contributed by atoms with Gasteiger partial charge in [-0.3, -0.25) is 0 Å². The number of rotatable bonds is 4. The highest BCUT2D eigenvalue weighted by Crippen LogP contribution is 2.41. The Morgan fingerprint density at radius 2 is 2.35 bits per heavy atom. The Labute approximate surface area is 110 Å². The van der Waals surface area contributed by atoms with Crippen LogP contribution in [-0.2, 0) is 0 Å². The molecule has 2 rings (SSSR count). The summed E-state index contributed by atoms with van der Waals surface area (Å²) in [7, 11) is 0. The van der Waals surface area contributed by atoms with Crippen LogP contribution in [0, 0.1) is 0 Å². The molecule has 4 nitrogen and oxygen atoms in total. The standard InChI is InChI=1S/C11H17N3OS2/c1-3-4-8(12)11-13-10(14-15-11)9-7(2)16-5-6-17-9/h3,7-9H,1,4-6,12H2,2H3. The number of nitrogens with zero attached hydrogens (tertiary/aromatic N) is 2. The van der Waals surface area contributed by atoms with E-state index in [4.69, 9.17) is 10.3 Å². The van der Waals surface area contributed by atoms with E-state index in [-0.39, 0.29) is 6.04 Å². The third-order valence-electron chi connectivity index (χ3n) is 2.64. The SMILES string of the molecule is C=CCC(N)c1nc(C2SCCSC2C)no1. The van der Waals surface area contributed by atoms with Gasteiger partial charge >= 0.3 is 0 Å². The van der Waals surface area contributed by atoms with Crippen molar-refractivity contribution in [1.29, 1.82) is 0 Å². The lowest BCUT2D eigenvalue weighted by Gasteiger charge is -2.24. The van der Waals surface area contributed by atoms with Gasteiger partial charge in [-0.05, 0) is 6.42 Å². The molecule has 6 heteroatoms.